The van der Waals surface area contributed by atoms with Gasteiger partial charge in [0.05, 0.1) is 11.4 Å². The van der Waals surface area contributed by atoms with E-state index >= 15 is 0 Å². The molecule has 1 aromatic heterocycles. The molecule has 4 heteroatoms. The molecule has 0 atom stereocenters. The lowest BCUT2D eigenvalue weighted by atomic mass is 10.1. The Morgan fingerprint density at radius 3 is 2.63 bits per heavy atom. The number of hydrogen-bond donors (Lipinski definition) is 1. The van der Waals surface area contributed by atoms with Crippen LogP contribution in [0, 0.1) is 0 Å². The van der Waals surface area contributed by atoms with Gasteiger partial charge in [-0.15, -0.1) is 0 Å². The van der Waals surface area contributed by atoms with Crippen molar-refractivity contribution in [1.82, 2.24) is 9.78 Å². The van der Waals surface area contributed by atoms with E-state index < -0.39 is 0 Å². The van der Waals surface area contributed by atoms with Crippen LogP contribution in [0.5, 0.6) is 0 Å². The van der Waals surface area contributed by atoms with Crippen molar-refractivity contribution >= 4 is 15.9 Å². The van der Waals surface area contributed by atoms with Gasteiger partial charge in [0.2, 0.25) is 0 Å². The van der Waals surface area contributed by atoms with Gasteiger partial charge < -0.3 is 5.73 Å². The first-order valence-electron chi connectivity index (χ1n) is 6.76. The summed E-state index contributed by atoms with van der Waals surface area (Å²) in [5.41, 5.74) is 10.6. The van der Waals surface area contributed by atoms with Gasteiger partial charge in [0.15, 0.2) is 0 Å². The number of nitrogens with zero attached hydrogens (tertiary/aromatic N) is 2. The molecule has 2 aromatic rings. The number of hydrogen-bond acceptors (Lipinski definition) is 2. The molecule has 0 amide bonds. The first-order chi connectivity index (χ1) is 9.21. The van der Waals surface area contributed by atoms with Gasteiger partial charge in [-0.2, -0.15) is 5.10 Å². The van der Waals surface area contributed by atoms with Crippen LogP contribution in [0.25, 0.3) is 5.69 Å². The minimum absolute atomic E-state index is 0.671. The number of rotatable bonds is 5. The largest absolute Gasteiger partial charge is 0.330 e. The maximum Gasteiger partial charge on any atom is 0.0661 e. The molecule has 0 aliphatic heterocycles. The Hall–Kier alpha value is -1.13. The molecule has 102 valence electrons. The van der Waals surface area contributed by atoms with E-state index in [0.29, 0.717) is 6.54 Å². The van der Waals surface area contributed by atoms with Crippen LogP contribution in [0.4, 0.5) is 0 Å². The van der Waals surface area contributed by atoms with Crippen molar-refractivity contribution in [2.45, 2.75) is 33.1 Å². The van der Waals surface area contributed by atoms with Crippen molar-refractivity contribution in [3.05, 3.63) is 45.7 Å². The maximum atomic E-state index is 5.74. The van der Waals surface area contributed by atoms with Crippen LogP contribution in [-0.4, -0.2) is 16.3 Å². The summed E-state index contributed by atoms with van der Waals surface area (Å²) in [5.74, 6) is 0. The minimum atomic E-state index is 0.671. The molecule has 0 unspecified atom stereocenters. The number of nitrogens with two attached hydrogens (primary N) is 1. The van der Waals surface area contributed by atoms with E-state index in [2.05, 4.69) is 46.6 Å². The van der Waals surface area contributed by atoms with E-state index in [-0.39, 0.29) is 0 Å². The van der Waals surface area contributed by atoms with Gasteiger partial charge in [0.25, 0.3) is 0 Å². The predicted octanol–water partition coefficient (Wildman–Crippen LogP) is 3.26. The van der Waals surface area contributed by atoms with Gasteiger partial charge in [0.1, 0.15) is 0 Å². The fourth-order valence-electron chi connectivity index (χ4n) is 2.44. The predicted molar refractivity (Wildman–Crippen MR) is 82.8 cm³/mol. The van der Waals surface area contributed by atoms with E-state index in [9.17, 15) is 0 Å². The molecule has 0 aliphatic rings. The molecule has 2 rings (SSSR count). The highest BCUT2D eigenvalue weighted by atomic mass is 79.9. The molecular formula is C15H20BrN3. The Morgan fingerprint density at radius 1 is 1.26 bits per heavy atom. The molecule has 2 N–H and O–H groups in total. The fourth-order valence-corrected chi connectivity index (χ4v) is 2.82. The van der Waals surface area contributed by atoms with Gasteiger partial charge in [-0.25, -0.2) is 4.68 Å². The van der Waals surface area contributed by atoms with E-state index in [0.717, 1.165) is 29.4 Å². The van der Waals surface area contributed by atoms with Crippen molar-refractivity contribution in [3.8, 4) is 5.69 Å². The lowest BCUT2D eigenvalue weighted by Crippen LogP contribution is -2.07. The highest BCUT2D eigenvalue weighted by Gasteiger charge is 2.15. The molecule has 0 aliphatic carbocycles. The second kappa shape index (κ2) is 6.35. The van der Waals surface area contributed by atoms with E-state index in [1.807, 2.05) is 12.1 Å². The van der Waals surface area contributed by atoms with Crippen molar-refractivity contribution in [3.63, 3.8) is 0 Å². The van der Waals surface area contributed by atoms with Crippen LogP contribution in [0.2, 0.25) is 0 Å². The summed E-state index contributed by atoms with van der Waals surface area (Å²) in [6, 6.07) is 8.25. The molecule has 0 saturated carbocycles. The summed E-state index contributed by atoms with van der Waals surface area (Å²) < 4.78 is 3.13. The molecule has 0 fully saturated rings. The van der Waals surface area contributed by atoms with Crippen LogP contribution in [-0.2, 0) is 19.3 Å². The van der Waals surface area contributed by atoms with Crippen molar-refractivity contribution in [2.24, 2.45) is 5.73 Å². The molecule has 1 aromatic carbocycles. The van der Waals surface area contributed by atoms with E-state index in [4.69, 9.17) is 10.8 Å². The van der Waals surface area contributed by atoms with Crippen molar-refractivity contribution in [2.75, 3.05) is 6.54 Å². The van der Waals surface area contributed by atoms with Gasteiger partial charge in [-0.05, 0) is 49.6 Å². The quantitative estimate of drug-likeness (QED) is 0.918. The fraction of sp³-hybridized carbons (Fsp3) is 0.400. The summed E-state index contributed by atoms with van der Waals surface area (Å²) in [4.78, 5) is 0. The number of halogens is 1. The molecule has 3 nitrogen and oxygen atoms in total. The second-order valence-electron chi connectivity index (χ2n) is 4.51. The van der Waals surface area contributed by atoms with Gasteiger partial charge in [-0.3, -0.25) is 0 Å². The van der Waals surface area contributed by atoms with Crippen molar-refractivity contribution in [1.29, 1.82) is 0 Å². The minimum Gasteiger partial charge on any atom is -0.330 e. The zero-order valence-electron chi connectivity index (χ0n) is 11.5. The topological polar surface area (TPSA) is 43.8 Å². The molecule has 0 spiro atoms. The van der Waals surface area contributed by atoms with Crippen LogP contribution in [0.3, 0.4) is 0 Å². The number of benzene rings is 1. The van der Waals surface area contributed by atoms with Crippen LogP contribution in [0.1, 0.15) is 30.8 Å². The Labute approximate surface area is 122 Å². The summed E-state index contributed by atoms with van der Waals surface area (Å²) in [6.45, 7) is 4.99. The second-order valence-corrected chi connectivity index (χ2v) is 5.43. The van der Waals surface area contributed by atoms with Gasteiger partial charge in [-0.1, -0.05) is 35.8 Å². The SMILES string of the molecule is CCc1nn(-c2cccc(Br)c2)c(CC)c1CCN. The monoisotopic (exact) mass is 321 g/mol. The standard InChI is InChI=1S/C15H20BrN3/c1-3-14-13(8-9-17)15(4-2)19(18-14)12-7-5-6-11(16)10-12/h5-7,10H,3-4,8-9,17H2,1-2H3. The van der Waals surface area contributed by atoms with Crippen LogP contribution < -0.4 is 5.73 Å². The summed E-state index contributed by atoms with van der Waals surface area (Å²) in [7, 11) is 0. The van der Waals surface area contributed by atoms with Gasteiger partial charge in [0, 0.05) is 10.2 Å². The Bertz CT molecular complexity index is 561. The third-order valence-electron chi connectivity index (χ3n) is 3.29. The number of aromatic nitrogens is 2. The average molecular weight is 322 g/mol. The summed E-state index contributed by atoms with van der Waals surface area (Å²) >= 11 is 3.52. The smallest absolute Gasteiger partial charge is 0.0661 e. The molecule has 0 saturated heterocycles. The van der Waals surface area contributed by atoms with Crippen LogP contribution in [0.15, 0.2) is 28.7 Å². The molecular weight excluding hydrogens is 302 g/mol. The maximum absolute atomic E-state index is 5.74. The first-order valence-corrected chi connectivity index (χ1v) is 7.56. The van der Waals surface area contributed by atoms with E-state index in [1.54, 1.807) is 0 Å². The lowest BCUT2D eigenvalue weighted by Gasteiger charge is -2.08. The molecule has 0 radical (unpaired) electrons. The first kappa shape index (κ1) is 14.3. The highest BCUT2D eigenvalue weighted by molar-refractivity contribution is 9.10. The highest BCUT2D eigenvalue weighted by Crippen LogP contribution is 2.22. The van der Waals surface area contributed by atoms with Crippen LogP contribution >= 0.6 is 15.9 Å². The zero-order valence-corrected chi connectivity index (χ0v) is 13.1. The van der Waals surface area contributed by atoms with E-state index in [1.165, 1.54) is 17.0 Å². The average Bonchev–Trinajstić information content (AvgIpc) is 2.77. The summed E-state index contributed by atoms with van der Waals surface area (Å²) in [5, 5.41) is 4.77. The molecule has 19 heavy (non-hydrogen) atoms. The molecule has 0 bridgehead atoms. The molecule has 1 heterocycles. The van der Waals surface area contributed by atoms with Crippen molar-refractivity contribution < 1.29 is 0 Å². The van der Waals surface area contributed by atoms with Gasteiger partial charge >= 0.3 is 0 Å². The Kier molecular flexibility index (Phi) is 4.77. The third kappa shape index (κ3) is 2.90. The Balaban J connectivity index is 2.56. The summed E-state index contributed by atoms with van der Waals surface area (Å²) in [6.07, 6.45) is 2.82. The normalized spacial score (nSPS) is 10.9. The lowest BCUT2D eigenvalue weighted by molar-refractivity contribution is 0.792. The zero-order chi connectivity index (χ0) is 13.8. The Morgan fingerprint density at radius 2 is 2.05 bits per heavy atom. The number of aryl methyl sites for hydroxylation is 1. The third-order valence-corrected chi connectivity index (χ3v) is 3.78.